The molecular weight excluding hydrogens is 316 g/mol. The molecule has 3 rings (SSSR count). The molecule has 1 aromatic carbocycles. The molecule has 0 radical (unpaired) electrons. The Morgan fingerprint density at radius 3 is 2.74 bits per heavy atom. The maximum absolute atomic E-state index is 12.8. The zero-order chi connectivity index (χ0) is 16.6. The fourth-order valence-corrected chi connectivity index (χ4v) is 3.78. The molecule has 0 saturated carbocycles. The first-order chi connectivity index (χ1) is 11.0. The number of hydrogen-bond donors (Lipinski definition) is 2. The van der Waals surface area contributed by atoms with Crippen LogP contribution in [0, 0.1) is 6.92 Å². The normalized spacial score (nSPS) is 17.4. The topological polar surface area (TPSA) is 90.7 Å². The summed E-state index contributed by atoms with van der Waals surface area (Å²) in [7, 11) is 0. The fraction of sp³-hybridized carbons (Fsp3) is 0.312. The smallest absolute Gasteiger partial charge is 0.339 e. The van der Waals surface area contributed by atoms with E-state index in [1.165, 1.54) is 29.5 Å². The molecule has 1 fully saturated rings. The average Bonchev–Trinajstić information content (AvgIpc) is 3.14. The van der Waals surface area contributed by atoms with Crippen LogP contribution in [0.5, 0.6) is 5.75 Å². The van der Waals surface area contributed by atoms with Crippen molar-refractivity contribution in [3.05, 3.63) is 45.4 Å². The van der Waals surface area contributed by atoms with Gasteiger partial charge in [0.15, 0.2) is 0 Å². The molecule has 1 aliphatic heterocycles. The van der Waals surface area contributed by atoms with E-state index in [4.69, 9.17) is 5.11 Å². The maximum Gasteiger partial charge on any atom is 0.339 e. The van der Waals surface area contributed by atoms with Gasteiger partial charge in [-0.25, -0.2) is 9.78 Å². The van der Waals surface area contributed by atoms with E-state index in [2.05, 4.69) is 4.98 Å². The largest absolute Gasteiger partial charge is 0.506 e. The second-order valence-electron chi connectivity index (χ2n) is 5.49. The molecule has 1 saturated heterocycles. The quantitative estimate of drug-likeness (QED) is 0.902. The van der Waals surface area contributed by atoms with Gasteiger partial charge in [-0.05, 0) is 31.9 Å². The second-order valence-corrected chi connectivity index (χ2v) is 6.38. The molecule has 1 atom stereocenters. The van der Waals surface area contributed by atoms with Gasteiger partial charge >= 0.3 is 5.97 Å². The minimum absolute atomic E-state index is 0.0186. The monoisotopic (exact) mass is 332 g/mol. The number of carboxylic acid groups (broad SMARTS) is 1. The highest BCUT2D eigenvalue weighted by Gasteiger charge is 2.34. The van der Waals surface area contributed by atoms with Crippen molar-refractivity contribution in [1.82, 2.24) is 9.88 Å². The van der Waals surface area contributed by atoms with Crippen LogP contribution >= 0.6 is 11.3 Å². The Morgan fingerprint density at radius 1 is 1.35 bits per heavy atom. The number of thiazole rings is 1. The molecule has 23 heavy (non-hydrogen) atoms. The predicted octanol–water partition coefficient (Wildman–Crippen LogP) is 2.83. The van der Waals surface area contributed by atoms with E-state index in [0.717, 1.165) is 23.5 Å². The standard InChI is InChI=1S/C16H16N2O4S/c1-9-8-23-14(17-9)12-6-3-7-18(12)15(20)10-4-2-5-11(13(10)19)16(21)22/h2,4-5,8,12,19H,3,6-7H2,1H3,(H,21,22). The van der Waals surface area contributed by atoms with Crippen molar-refractivity contribution in [2.24, 2.45) is 0 Å². The second kappa shape index (κ2) is 6.00. The van der Waals surface area contributed by atoms with Crippen LogP contribution in [-0.2, 0) is 0 Å². The number of aromatic hydroxyl groups is 1. The Balaban J connectivity index is 1.94. The number of amides is 1. The molecular formula is C16H16N2O4S. The van der Waals surface area contributed by atoms with E-state index >= 15 is 0 Å². The third kappa shape index (κ3) is 2.79. The minimum atomic E-state index is -1.26. The number of carbonyl (C=O) groups excluding carboxylic acids is 1. The van der Waals surface area contributed by atoms with Crippen LogP contribution in [0.4, 0.5) is 0 Å². The van der Waals surface area contributed by atoms with Gasteiger partial charge in [0, 0.05) is 17.6 Å². The molecule has 1 aliphatic rings. The number of aryl methyl sites for hydroxylation is 1. The van der Waals surface area contributed by atoms with Crippen LogP contribution in [0.3, 0.4) is 0 Å². The summed E-state index contributed by atoms with van der Waals surface area (Å²) in [6.45, 7) is 2.47. The highest BCUT2D eigenvalue weighted by atomic mass is 32.1. The lowest BCUT2D eigenvalue weighted by Crippen LogP contribution is -2.30. The lowest BCUT2D eigenvalue weighted by molar-refractivity contribution is 0.0693. The predicted molar refractivity (Wildman–Crippen MR) is 84.9 cm³/mol. The summed E-state index contributed by atoms with van der Waals surface area (Å²) in [4.78, 5) is 30.0. The molecule has 0 aliphatic carbocycles. The Bertz CT molecular complexity index is 771. The van der Waals surface area contributed by atoms with Crippen LogP contribution in [0.2, 0.25) is 0 Å². The number of rotatable bonds is 3. The van der Waals surface area contributed by atoms with Crippen molar-refractivity contribution < 1.29 is 19.8 Å². The molecule has 2 aromatic rings. The lowest BCUT2D eigenvalue weighted by atomic mass is 10.1. The summed E-state index contributed by atoms with van der Waals surface area (Å²) in [6.07, 6.45) is 1.67. The van der Waals surface area contributed by atoms with Gasteiger partial charge in [-0.15, -0.1) is 11.3 Å². The van der Waals surface area contributed by atoms with Crippen LogP contribution in [0.1, 0.15) is 50.3 Å². The molecule has 1 unspecified atom stereocenters. The van der Waals surface area contributed by atoms with E-state index in [9.17, 15) is 14.7 Å². The molecule has 0 spiro atoms. The van der Waals surface area contributed by atoms with Gasteiger partial charge in [0.25, 0.3) is 5.91 Å². The molecule has 1 amide bonds. The number of carbonyl (C=O) groups is 2. The van der Waals surface area contributed by atoms with Gasteiger partial charge in [0.05, 0.1) is 11.6 Å². The van der Waals surface area contributed by atoms with E-state index in [1.54, 1.807) is 4.90 Å². The Morgan fingerprint density at radius 2 is 2.09 bits per heavy atom. The Labute approximate surface area is 137 Å². The van der Waals surface area contributed by atoms with Crippen LogP contribution < -0.4 is 0 Å². The first kappa shape index (κ1) is 15.5. The number of nitrogens with zero attached hydrogens (tertiary/aromatic N) is 2. The summed E-state index contributed by atoms with van der Waals surface area (Å²) < 4.78 is 0. The number of likely N-dealkylation sites (tertiary alicyclic amines) is 1. The Kier molecular flexibility index (Phi) is 4.04. The van der Waals surface area contributed by atoms with Gasteiger partial charge in [-0.2, -0.15) is 0 Å². The zero-order valence-corrected chi connectivity index (χ0v) is 13.3. The Hall–Kier alpha value is -2.41. The van der Waals surface area contributed by atoms with E-state index < -0.39 is 11.7 Å². The van der Waals surface area contributed by atoms with Crippen LogP contribution in [-0.4, -0.2) is 38.5 Å². The van der Waals surface area contributed by atoms with Crippen molar-refractivity contribution >= 4 is 23.2 Å². The number of aromatic nitrogens is 1. The van der Waals surface area contributed by atoms with E-state index in [1.807, 2.05) is 12.3 Å². The third-order valence-electron chi connectivity index (χ3n) is 3.93. The highest BCUT2D eigenvalue weighted by molar-refractivity contribution is 7.09. The van der Waals surface area contributed by atoms with Crippen molar-refractivity contribution in [1.29, 1.82) is 0 Å². The summed E-state index contributed by atoms with van der Waals surface area (Å²) in [5.41, 5.74) is 0.668. The summed E-state index contributed by atoms with van der Waals surface area (Å²) in [5.74, 6) is -2.10. The van der Waals surface area contributed by atoms with Gasteiger partial charge in [0.2, 0.25) is 0 Å². The van der Waals surface area contributed by atoms with Crippen molar-refractivity contribution in [3.63, 3.8) is 0 Å². The minimum Gasteiger partial charge on any atom is -0.506 e. The first-order valence-corrected chi connectivity index (χ1v) is 8.15. The summed E-state index contributed by atoms with van der Waals surface area (Å²) in [6, 6.07) is 4.08. The summed E-state index contributed by atoms with van der Waals surface area (Å²) in [5, 5.41) is 22.0. The molecule has 120 valence electrons. The molecule has 6 nitrogen and oxygen atoms in total. The fourth-order valence-electron chi connectivity index (χ4n) is 2.84. The lowest BCUT2D eigenvalue weighted by Gasteiger charge is -2.23. The van der Waals surface area contributed by atoms with Crippen LogP contribution in [0.25, 0.3) is 0 Å². The molecule has 2 N–H and O–H groups in total. The number of aromatic carboxylic acids is 1. The first-order valence-electron chi connectivity index (χ1n) is 7.27. The van der Waals surface area contributed by atoms with Crippen molar-refractivity contribution in [2.75, 3.05) is 6.54 Å². The third-order valence-corrected chi connectivity index (χ3v) is 5.00. The van der Waals surface area contributed by atoms with E-state index in [0.29, 0.717) is 6.54 Å². The number of carboxylic acids is 1. The van der Waals surface area contributed by atoms with Gasteiger partial charge in [0.1, 0.15) is 16.3 Å². The van der Waals surface area contributed by atoms with Crippen LogP contribution in [0.15, 0.2) is 23.6 Å². The summed E-state index contributed by atoms with van der Waals surface area (Å²) >= 11 is 1.51. The van der Waals surface area contributed by atoms with Gasteiger partial charge in [-0.3, -0.25) is 4.79 Å². The maximum atomic E-state index is 12.8. The zero-order valence-electron chi connectivity index (χ0n) is 12.5. The number of para-hydroxylation sites is 1. The number of phenols is 1. The molecule has 7 heteroatoms. The molecule has 1 aromatic heterocycles. The van der Waals surface area contributed by atoms with Gasteiger partial charge in [-0.1, -0.05) is 6.07 Å². The van der Waals surface area contributed by atoms with Crippen molar-refractivity contribution in [3.8, 4) is 5.75 Å². The van der Waals surface area contributed by atoms with Gasteiger partial charge < -0.3 is 15.1 Å². The SMILES string of the molecule is Cc1csc(C2CCCN2C(=O)c2cccc(C(=O)O)c2O)n1. The number of benzene rings is 1. The number of hydrogen-bond acceptors (Lipinski definition) is 5. The van der Waals surface area contributed by atoms with Crippen molar-refractivity contribution in [2.45, 2.75) is 25.8 Å². The molecule has 2 heterocycles. The van der Waals surface area contributed by atoms with E-state index in [-0.39, 0.29) is 23.1 Å². The highest BCUT2D eigenvalue weighted by Crippen LogP contribution is 2.36. The molecule has 0 bridgehead atoms. The average molecular weight is 332 g/mol.